The van der Waals surface area contributed by atoms with Gasteiger partial charge in [0, 0.05) is 65.1 Å². The van der Waals surface area contributed by atoms with Gasteiger partial charge in [-0.25, -0.2) is 0 Å². The van der Waals surface area contributed by atoms with Crippen molar-refractivity contribution in [3.05, 3.63) is 207 Å². The fourth-order valence-electron chi connectivity index (χ4n) is 6.60. The second-order valence-corrected chi connectivity index (χ2v) is 12.8. The third-order valence-electron chi connectivity index (χ3n) is 9.15. The number of pyridine rings is 2. The van der Waals surface area contributed by atoms with E-state index in [-0.39, 0.29) is 42.1 Å². The van der Waals surface area contributed by atoms with Gasteiger partial charge in [-0.2, -0.15) is 36.4 Å². The van der Waals surface area contributed by atoms with Crippen LogP contribution in [0.4, 0.5) is 0 Å². The summed E-state index contributed by atoms with van der Waals surface area (Å²) in [6.07, 6.45) is 10.3. The molecule has 286 valence electrons. The minimum absolute atomic E-state index is 0. The number of fused-ring (bicyclic) bond motifs is 2. The molecule has 0 spiro atoms. The minimum atomic E-state index is 0. The number of nitrogens with zero attached hydrogens (tertiary/aromatic N) is 6. The van der Waals surface area contributed by atoms with Crippen molar-refractivity contribution in [2.24, 2.45) is 0 Å². The summed E-state index contributed by atoms with van der Waals surface area (Å²) in [6, 6.07) is 65.0. The fraction of sp³-hybridized carbons (Fsp3) is 0. The van der Waals surface area contributed by atoms with E-state index < -0.39 is 0 Å². The molecule has 0 aliphatic rings. The van der Waals surface area contributed by atoms with Crippen LogP contribution in [0.2, 0.25) is 0 Å². The number of imidazole rings is 2. The topological polar surface area (TPSA) is 61.9 Å². The summed E-state index contributed by atoms with van der Waals surface area (Å²) < 4.78 is 20.6. The predicted molar refractivity (Wildman–Crippen MR) is 210 cm³/mol. The average Bonchev–Trinajstić information content (AvgIpc) is 3.85. The van der Waals surface area contributed by atoms with Crippen LogP contribution in [0.3, 0.4) is 0 Å². The molecule has 10 rings (SSSR count). The van der Waals surface area contributed by atoms with Crippen LogP contribution >= 0.6 is 0 Å². The number of para-hydroxylation sites is 6. The van der Waals surface area contributed by atoms with Crippen molar-refractivity contribution in [2.45, 2.75) is 0 Å². The van der Waals surface area contributed by atoms with E-state index >= 15 is 0 Å². The molecular weight excluding hydrogens is 1080 g/mol. The Labute approximate surface area is 363 Å². The number of hydrogen-bond donors (Lipinski definition) is 0. The molecule has 58 heavy (non-hydrogen) atoms. The zero-order valence-corrected chi connectivity index (χ0v) is 34.8. The standard InChI is InChI=1S/C48H28N6O2.2Pt/c1-3-13-35(14-4-1)51-33-53(47-23-9-7-21-45(47)51)37-17-11-19-39(29-37)55-41-25-27-49-43(31-41)44-32-42(26-28-50-44)56-40-20-12-18-38(30-40)54-34-52(36-15-5-2-6-16-36)46-22-8-10-24-48(46)54;;/h1-28H;;/q-4;;. The molecule has 0 radical (unpaired) electrons. The molecule has 10 aromatic rings. The molecule has 10 heteroatoms. The number of ether oxygens (including phenoxy) is 2. The molecule has 4 heterocycles. The van der Waals surface area contributed by atoms with Crippen LogP contribution in [-0.4, -0.2) is 19.1 Å². The number of hydrogen-bond acceptors (Lipinski definition) is 4. The van der Waals surface area contributed by atoms with Gasteiger partial charge >= 0.3 is 0 Å². The van der Waals surface area contributed by atoms with Crippen molar-refractivity contribution in [1.82, 2.24) is 19.1 Å². The molecule has 0 aliphatic heterocycles. The maximum Gasteiger partial charge on any atom is 0.268 e. The summed E-state index contributed by atoms with van der Waals surface area (Å²) in [5, 5.41) is 0. The first-order valence-corrected chi connectivity index (χ1v) is 17.9. The first-order chi connectivity index (χ1) is 27.7. The molecule has 0 N–H and O–H groups in total. The van der Waals surface area contributed by atoms with Crippen LogP contribution < -0.4 is 18.6 Å². The molecule has 8 nitrogen and oxygen atoms in total. The third kappa shape index (κ3) is 7.65. The van der Waals surface area contributed by atoms with Crippen LogP contribution in [-0.2, 0) is 42.1 Å². The van der Waals surface area contributed by atoms with Gasteiger partial charge in [-0.1, -0.05) is 84.9 Å². The van der Waals surface area contributed by atoms with E-state index in [9.17, 15) is 0 Å². The van der Waals surface area contributed by atoms with Crippen LogP contribution in [0.15, 0.2) is 170 Å². The van der Waals surface area contributed by atoms with Gasteiger partial charge in [0.05, 0.1) is 33.4 Å². The number of benzene rings is 6. The second kappa shape index (κ2) is 16.9. The van der Waals surface area contributed by atoms with Gasteiger partial charge in [0.2, 0.25) is 0 Å². The number of aromatic nitrogens is 6. The molecule has 0 unspecified atom stereocenters. The molecule has 0 amide bonds. The smallest absolute Gasteiger partial charge is 0.268 e. The van der Waals surface area contributed by atoms with Crippen molar-refractivity contribution < 1.29 is 60.7 Å². The predicted octanol–water partition coefficient (Wildman–Crippen LogP) is 8.97. The Hall–Kier alpha value is -6.46. The monoisotopic (exact) mass is 1110 g/mol. The van der Waals surface area contributed by atoms with E-state index in [1.165, 1.54) is 0 Å². The summed E-state index contributed by atoms with van der Waals surface area (Å²) >= 11 is 0. The Balaban J connectivity index is 0.00000235. The van der Waals surface area contributed by atoms with E-state index in [4.69, 9.17) is 9.47 Å². The van der Waals surface area contributed by atoms with Gasteiger partial charge in [-0.3, -0.25) is 9.13 Å². The normalized spacial score (nSPS) is 10.8. The Kier molecular flexibility index (Phi) is 11.2. The summed E-state index contributed by atoms with van der Waals surface area (Å²) in [7, 11) is 0. The van der Waals surface area contributed by atoms with Crippen molar-refractivity contribution >= 4 is 22.1 Å². The zero-order chi connectivity index (χ0) is 37.3. The molecule has 4 aromatic heterocycles. The van der Waals surface area contributed by atoms with Crippen molar-refractivity contribution in [3.8, 4) is 57.1 Å². The molecule has 6 aromatic carbocycles. The van der Waals surface area contributed by atoms with Crippen LogP contribution in [0.5, 0.6) is 23.0 Å². The van der Waals surface area contributed by atoms with Gasteiger partial charge in [0.25, 0.3) is 12.7 Å². The molecular formula is C48H28N6O2Pt2-4. The van der Waals surface area contributed by atoms with Gasteiger partial charge in [-0.15, -0.1) is 47.8 Å². The van der Waals surface area contributed by atoms with Crippen LogP contribution in [0, 0.1) is 36.9 Å². The first-order valence-electron chi connectivity index (χ1n) is 17.9. The average molecular weight is 1110 g/mol. The van der Waals surface area contributed by atoms with E-state index in [1.807, 2.05) is 115 Å². The van der Waals surface area contributed by atoms with Gasteiger partial charge in [0.1, 0.15) is 0 Å². The SMILES string of the molecule is [Pt].[Pt].[c-]1c(Oc2[c-]c(-c3[c-]c(Oc4[c-]c(-[n+]5[c-]n(-c6ccccc6)c6ccccc65)ccc4)ccn3)ncc2)cccc1-[n+]1[c-]n(-c2ccccc2)c2ccccc21. The first kappa shape index (κ1) is 38.4. The molecule has 0 saturated carbocycles. The van der Waals surface area contributed by atoms with Crippen LogP contribution in [0.1, 0.15) is 0 Å². The molecule has 0 aliphatic carbocycles. The van der Waals surface area contributed by atoms with Crippen molar-refractivity contribution in [3.63, 3.8) is 0 Å². The summed E-state index contributed by atoms with van der Waals surface area (Å²) in [4.78, 5) is 9.03. The summed E-state index contributed by atoms with van der Waals surface area (Å²) in [5.74, 6) is 1.93. The van der Waals surface area contributed by atoms with Crippen molar-refractivity contribution in [1.29, 1.82) is 0 Å². The molecule has 0 bridgehead atoms. The Morgan fingerprint density at radius 1 is 0.397 bits per heavy atom. The van der Waals surface area contributed by atoms with Crippen LogP contribution in [0.25, 0.3) is 56.2 Å². The van der Waals surface area contributed by atoms with E-state index in [1.54, 1.807) is 24.5 Å². The van der Waals surface area contributed by atoms with Gasteiger partial charge in [0.15, 0.2) is 0 Å². The number of rotatable bonds is 9. The molecule has 0 saturated heterocycles. The van der Waals surface area contributed by atoms with E-state index in [0.717, 1.165) is 44.8 Å². The quantitative estimate of drug-likeness (QED) is 0.107. The fourth-order valence-corrected chi connectivity index (χ4v) is 6.60. The Morgan fingerprint density at radius 2 is 0.793 bits per heavy atom. The third-order valence-corrected chi connectivity index (χ3v) is 9.15. The Morgan fingerprint density at radius 3 is 1.24 bits per heavy atom. The van der Waals surface area contributed by atoms with Gasteiger partial charge in [-0.05, 0) is 48.0 Å². The van der Waals surface area contributed by atoms with E-state index in [2.05, 4.69) is 95.4 Å². The molecule has 0 atom stereocenters. The minimum Gasteiger partial charge on any atom is -0.511 e. The molecule has 0 fully saturated rings. The maximum absolute atomic E-state index is 6.28. The Bertz CT molecular complexity index is 2800. The van der Waals surface area contributed by atoms with Gasteiger partial charge < -0.3 is 28.6 Å². The summed E-state index contributed by atoms with van der Waals surface area (Å²) in [6.45, 7) is 0. The largest absolute Gasteiger partial charge is 0.511 e. The second-order valence-electron chi connectivity index (χ2n) is 12.8. The zero-order valence-electron chi connectivity index (χ0n) is 30.3. The van der Waals surface area contributed by atoms with Crippen molar-refractivity contribution in [2.75, 3.05) is 0 Å². The summed E-state index contributed by atoms with van der Waals surface area (Å²) in [5.41, 5.74) is 8.52. The maximum atomic E-state index is 6.28. The van der Waals surface area contributed by atoms with E-state index in [0.29, 0.717) is 34.4 Å².